The Hall–Kier alpha value is -2.91. The van der Waals surface area contributed by atoms with Crippen molar-refractivity contribution in [1.82, 2.24) is 10.9 Å². The fourth-order valence-corrected chi connectivity index (χ4v) is 4.41. The number of nitrogens with one attached hydrogen (secondary N) is 2. The number of hydrogen-bond acceptors (Lipinski definition) is 6. The summed E-state index contributed by atoms with van der Waals surface area (Å²) in [6, 6.07) is 22.5. The number of carbonyl (C=O) groups excluding carboxylic acids is 1. The highest BCUT2D eigenvalue weighted by molar-refractivity contribution is 9.10. The molecule has 36 heavy (non-hydrogen) atoms. The molecular weight excluding hydrogens is 546 g/mol. The Kier molecular flexibility index (Phi) is 8.98. The normalized spacial score (nSPS) is 16.8. The van der Waals surface area contributed by atoms with Gasteiger partial charge in [0.1, 0.15) is 12.4 Å². The van der Waals surface area contributed by atoms with Crippen molar-refractivity contribution >= 4 is 39.3 Å². The van der Waals surface area contributed by atoms with Gasteiger partial charge in [0, 0.05) is 41.1 Å². The molecular formula is C27H27BrClN3O4. The van der Waals surface area contributed by atoms with Gasteiger partial charge in [-0.15, -0.1) is 0 Å². The third-order valence-corrected chi connectivity index (χ3v) is 6.69. The fraction of sp³-hybridized carbons (Fsp3) is 0.259. The average Bonchev–Trinajstić information content (AvgIpc) is 3.31. The molecule has 0 unspecified atom stereocenters. The molecule has 0 fully saturated rings. The lowest BCUT2D eigenvalue weighted by Gasteiger charge is -2.24. The summed E-state index contributed by atoms with van der Waals surface area (Å²) in [5.41, 5.74) is 7.28. The highest BCUT2D eigenvalue weighted by Gasteiger charge is 2.45. The van der Waals surface area contributed by atoms with Gasteiger partial charge in [-0.2, -0.15) is 0 Å². The van der Waals surface area contributed by atoms with Crippen molar-refractivity contribution in [2.24, 2.45) is 4.99 Å². The summed E-state index contributed by atoms with van der Waals surface area (Å²) in [4.78, 5) is 18.3. The summed E-state index contributed by atoms with van der Waals surface area (Å²) in [7, 11) is 0. The van der Waals surface area contributed by atoms with Crippen molar-refractivity contribution in [3.05, 3.63) is 99.0 Å². The molecule has 7 nitrogen and oxygen atoms in total. The van der Waals surface area contributed by atoms with Crippen molar-refractivity contribution in [3.8, 4) is 5.75 Å². The SMILES string of the molecule is O=C(NNCc1cccc(Cl)c1)[C@]1(Cc2ccccc2Br)COC(c2ccc(OCCCO)cc2)=N1. The van der Waals surface area contributed by atoms with Gasteiger partial charge < -0.3 is 14.6 Å². The topological polar surface area (TPSA) is 92.2 Å². The minimum absolute atomic E-state index is 0.0817. The summed E-state index contributed by atoms with van der Waals surface area (Å²) >= 11 is 9.64. The number of benzene rings is 3. The molecule has 0 radical (unpaired) electrons. The lowest BCUT2D eigenvalue weighted by Crippen LogP contribution is -2.52. The number of hydrogen-bond donors (Lipinski definition) is 3. The molecule has 3 aromatic rings. The molecule has 3 N–H and O–H groups in total. The van der Waals surface area contributed by atoms with Crippen LogP contribution in [0.2, 0.25) is 5.02 Å². The summed E-state index contributed by atoms with van der Waals surface area (Å²) in [6.45, 7) is 1.03. The number of rotatable bonds is 11. The Morgan fingerprint density at radius 1 is 1.14 bits per heavy atom. The molecule has 9 heteroatoms. The van der Waals surface area contributed by atoms with Crippen molar-refractivity contribution in [1.29, 1.82) is 0 Å². The second-order valence-electron chi connectivity index (χ2n) is 8.39. The maximum absolute atomic E-state index is 13.5. The third-order valence-electron chi connectivity index (χ3n) is 5.68. The van der Waals surface area contributed by atoms with Gasteiger partial charge in [-0.25, -0.2) is 10.4 Å². The van der Waals surface area contributed by atoms with E-state index >= 15 is 0 Å². The molecule has 3 aromatic carbocycles. The zero-order chi connectivity index (χ0) is 25.4. The second-order valence-corrected chi connectivity index (χ2v) is 9.68. The number of nitrogens with zero attached hydrogens (tertiary/aromatic N) is 1. The van der Waals surface area contributed by atoms with E-state index in [9.17, 15) is 4.79 Å². The van der Waals surface area contributed by atoms with Crippen molar-refractivity contribution in [2.75, 3.05) is 19.8 Å². The van der Waals surface area contributed by atoms with E-state index in [-0.39, 0.29) is 19.1 Å². The van der Waals surface area contributed by atoms with E-state index < -0.39 is 5.54 Å². The molecule has 1 aliphatic rings. The van der Waals surface area contributed by atoms with Crippen LogP contribution >= 0.6 is 27.5 Å². The summed E-state index contributed by atoms with van der Waals surface area (Å²) < 4.78 is 12.5. The molecule has 4 rings (SSSR count). The number of amides is 1. The van der Waals surface area contributed by atoms with Crippen LogP contribution in [-0.4, -0.2) is 42.3 Å². The highest BCUT2D eigenvalue weighted by atomic mass is 79.9. The van der Waals surface area contributed by atoms with Crippen molar-refractivity contribution < 1.29 is 19.4 Å². The number of hydrazine groups is 1. The average molecular weight is 573 g/mol. The lowest BCUT2D eigenvalue weighted by molar-refractivity contribution is -0.127. The molecule has 1 heterocycles. The van der Waals surface area contributed by atoms with Crippen LogP contribution in [0.3, 0.4) is 0 Å². The number of aliphatic imine (C=N–C) groups is 1. The Labute approximate surface area is 223 Å². The predicted molar refractivity (Wildman–Crippen MR) is 143 cm³/mol. The predicted octanol–water partition coefficient (Wildman–Crippen LogP) is 4.44. The Morgan fingerprint density at radius 2 is 1.94 bits per heavy atom. The van der Waals surface area contributed by atoms with Crippen LogP contribution in [0.4, 0.5) is 0 Å². The number of ether oxygens (including phenoxy) is 2. The maximum atomic E-state index is 13.5. The molecule has 0 saturated heterocycles. The van der Waals surface area contributed by atoms with E-state index in [1.807, 2.05) is 66.7 Å². The molecule has 0 spiro atoms. The first-order chi connectivity index (χ1) is 17.5. The Balaban J connectivity index is 1.52. The van der Waals surface area contributed by atoms with Crippen LogP contribution in [0.1, 0.15) is 23.1 Å². The Morgan fingerprint density at radius 3 is 2.69 bits per heavy atom. The first-order valence-electron chi connectivity index (χ1n) is 11.6. The van der Waals surface area contributed by atoms with Gasteiger partial charge in [0.05, 0.1) is 6.61 Å². The van der Waals surface area contributed by atoms with Gasteiger partial charge in [-0.3, -0.25) is 10.2 Å². The lowest BCUT2D eigenvalue weighted by atomic mass is 9.91. The fourth-order valence-electron chi connectivity index (χ4n) is 3.78. The zero-order valence-electron chi connectivity index (χ0n) is 19.5. The maximum Gasteiger partial charge on any atom is 0.266 e. The number of halogens is 2. The van der Waals surface area contributed by atoms with Crippen molar-refractivity contribution in [2.45, 2.75) is 24.9 Å². The number of carbonyl (C=O) groups is 1. The molecule has 1 aliphatic heterocycles. The number of aliphatic hydroxyl groups excluding tert-OH is 1. The minimum atomic E-state index is -1.16. The van der Waals surface area contributed by atoms with E-state index in [1.165, 1.54) is 0 Å². The molecule has 0 bridgehead atoms. The van der Waals surface area contributed by atoms with Gasteiger partial charge in [-0.1, -0.05) is 57.9 Å². The van der Waals surface area contributed by atoms with Crippen LogP contribution in [0.15, 0.2) is 82.3 Å². The van der Waals surface area contributed by atoms with Crippen molar-refractivity contribution in [3.63, 3.8) is 0 Å². The molecule has 1 amide bonds. The second kappa shape index (κ2) is 12.4. The van der Waals surface area contributed by atoms with E-state index in [0.29, 0.717) is 42.7 Å². The molecule has 0 aromatic heterocycles. The first-order valence-corrected chi connectivity index (χ1v) is 12.7. The van der Waals surface area contributed by atoms with Crippen LogP contribution < -0.4 is 15.6 Å². The van der Waals surface area contributed by atoms with Gasteiger partial charge in [0.25, 0.3) is 5.91 Å². The zero-order valence-corrected chi connectivity index (χ0v) is 21.9. The van der Waals surface area contributed by atoms with Crippen LogP contribution in [0.5, 0.6) is 5.75 Å². The van der Waals surface area contributed by atoms with Crippen LogP contribution in [0, 0.1) is 0 Å². The third kappa shape index (κ3) is 6.64. The van der Waals surface area contributed by atoms with Crippen LogP contribution in [0.25, 0.3) is 0 Å². The number of aliphatic hydroxyl groups is 1. The molecule has 0 aliphatic carbocycles. The summed E-state index contributed by atoms with van der Waals surface area (Å²) in [5.74, 6) is 0.793. The first kappa shape index (κ1) is 26.2. The van der Waals surface area contributed by atoms with Gasteiger partial charge in [-0.05, 0) is 53.6 Å². The van der Waals surface area contributed by atoms with Crippen LogP contribution in [-0.2, 0) is 22.5 Å². The monoisotopic (exact) mass is 571 g/mol. The minimum Gasteiger partial charge on any atom is -0.494 e. The summed E-state index contributed by atoms with van der Waals surface area (Å²) in [5, 5.41) is 9.55. The van der Waals surface area contributed by atoms with E-state index in [4.69, 9.17) is 31.2 Å². The highest BCUT2D eigenvalue weighted by Crippen LogP contribution is 2.30. The van der Waals surface area contributed by atoms with E-state index in [2.05, 4.69) is 26.8 Å². The molecule has 0 saturated carbocycles. The van der Waals surface area contributed by atoms with E-state index in [0.717, 1.165) is 21.2 Å². The van der Waals surface area contributed by atoms with E-state index in [1.54, 1.807) is 6.07 Å². The largest absolute Gasteiger partial charge is 0.494 e. The van der Waals surface area contributed by atoms with Gasteiger partial charge >= 0.3 is 0 Å². The standard InChI is InChI=1S/C27H27BrClN3O4/c28-24-8-2-1-6-21(24)16-27(26(34)32-30-17-19-5-3-7-22(29)15-19)18-36-25(31-27)20-9-11-23(12-10-20)35-14-4-13-33/h1-3,5-12,15,30,33H,4,13-14,16-18H2,(H,32,34)/t27-/m0/s1. The molecule has 188 valence electrons. The van der Waals surface area contributed by atoms with Gasteiger partial charge in [0.15, 0.2) is 5.54 Å². The quantitative estimate of drug-likeness (QED) is 0.233. The smallest absolute Gasteiger partial charge is 0.266 e. The Bertz CT molecular complexity index is 1220. The molecule has 1 atom stereocenters. The van der Waals surface area contributed by atoms with Gasteiger partial charge in [0.2, 0.25) is 5.90 Å². The summed E-state index contributed by atoms with van der Waals surface area (Å²) in [6.07, 6.45) is 0.917.